The summed E-state index contributed by atoms with van der Waals surface area (Å²) in [6.45, 7) is 2.95. The fraction of sp³-hybridized carbons (Fsp3) is 0.571. The molecule has 2 atom stereocenters. The smallest absolute Gasteiger partial charge is 0.218 e. The van der Waals surface area contributed by atoms with Gasteiger partial charge in [0.05, 0.1) is 5.75 Å². The minimum atomic E-state index is -3.38. The van der Waals surface area contributed by atoms with E-state index in [0.717, 1.165) is 12.8 Å². The van der Waals surface area contributed by atoms with Crippen LogP contribution in [0.3, 0.4) is 0 Å². The Morgan fingerprint density at radius 2 is 1.95 bits per heavy atom. The van der Waals surface area contributed by atoms with E-state index in [9.17, 15) is 12.8 Å². The predicted molar refractivity (Wildman–Crippen MR) is 77.0 cm³/mol. The first kappa shape index (κ1) is 15.4. The molecule has 2 N–H and O–H groups in total. The lowest BCUT2D eigenvalue weighted by Crippen LogP contribution is -2.33. The molecule has 0 radical (unpaired) electrons. The lowest BCUT2D eigenvalue weighted by atomic mass is 9.99. The van der Waals surface area contributed by atoms with Gasteiger partial charge in [-0.25, -0.2) is 12.8 Å². The highest BCUT2D eigenvalue weighted by atomic mass is 32.2. The topological polar surface area (TPSA) is 63.4 Å². The molecule has 0 saturated carbocycles. The van der Waals surface area contributed by atoms with Crippen molar-refractivity contribution < 1.29 is 12.8 Å². The van der Waals surface area contributed by atoms with Gasteiger partial charge in [0.25, 0.3) is 0 Å². The van der Waals surface area contributed by atoms with Gasteiger partial charge in [0.1, 0.15) is 5.82 Å². The summed E-state index contributed by atoms with van der Waals surface area (Å²) in [4.78, 5) is 0. The van der Waals surface area contributed by atoms with Gasteiger partial charge in [0.2, 0.25) is 10.0 Å². The molecule has 6 heteroatoms. The van der Waals surface area contributed by atoms with Gasteiger partial charge in [-0.1, -0.05) is 25.5 Å². The molecule has 0 unspecified atom stereocenters. The number of nitrogens with two attached hydrogens (primary N) is 1. The molecule has 1 heterocycles. The van der Waals surface area contributed by atoms with Crippen LogP contribution in [0.4, 0.5) is 4.39 Å². The van der Waals surface area contributed by atoms with Crippen molar-refractivity contribution in [3.8, 4) is 0 Å². The van der Waals surface area contributed by atoms with Crippen LogP contribution in [0.5, 0.6) is 0 Å². The average molecular weight is 300 g/mol. The molecule has 1 aliphatic rings. The zero-order valence-electron chi connectivity index (χ0n) is 11.6. The SMILES string of the molecule is CCC[C@H]1CN(S(=O)(=O)Cc2ccc(F)cc2)C[C@@H]1N. The van der Waals surface area contributed by atoms with Gasteiger partial charge in [-0.05, 0) is 30.0 Å². The molecule has 112 valence electrons. The average Bonchev–Trinajstić information content (AvgIpc) is 2.75. The largest absolute Gasteiger partial charge is 0.326 e. The van der Waals surface area contributed by atoms with Crippen LogP contribution in [-0.4, -0.2) is 31.9 Å². The first-order chi connectivity index (χ1) is 9.42. The lowest BCUT2D eigenvalue weighted by molar-refractivity contribution is 0.438. The van der Waals surface area contributed by atoms with Gasteiger partial charge in [0, 0.05) is 19.1 Å². The molecule has 0 bridgehead atoms. The Bertz CT molecular complexity index is 545. The normalized spacial score (nSPS) is 24.1. The quantitative estimate of drug-likeness (QED) is 0.900. The Kier molecular flexibility index (Phi) is 4.78. The van der Waals surface area contributed by atoms with E-state index in [-0.39, 0.29) is 23.5 Å². The van der Waals surface area contributed by atoms with E-state index in [2.05, 4.69) is 6.92 Å². The van der Waals surface area contributed by atoms with Crippen LogP contribution in [0.25, 0.3) is 0 Å². The molecule has 20 heavy (non-hydrogen) atoms. The van der Waals surface area contributed by atoms with E-state index in [1.807, 2.05) is 0 Å². The van der Waals surface area contributed by atoms with E-state index in [0.29, 0.717) is 18.7 Å². The molecule has 1 saturated heterocycles. The van der Waals surface area contributed by atoms with Crippen molar-refractivity contribution in [1.82, 2.24) is 4.31 Å². The summed E-state index contributed by atoms with van der Waals surface area (Å²) < 4.78 is 39.0. The van der Waals surface area contributed by atoms with Gasteiger partial charge in [-0.3, -0.25) is 0 Å². The number of rotatable bonds is 5. The van der Waals surface area contributed by atoms with Crippen LogP contribution >= 0.6 is 0 Å². The maximum absolute atomic E-state index is 12.8. The molecule has 2 rings (SSSR count). The number of sulfonamides is 1. The fourth-order valence-corrected chi connectivity index (χ4v) is 4.26. The zero-order valence-corrected chi connectivity index (χ0v) is 12.4. The van der Waals surface area contributed by atoms with Crippen molar-refractivity contribution in [2.24, 2.45) is 11.7 Å². The highest BCUT2D eigenvalue weighted by Crippen LogP contribution is 2.24. The van der Waals surface area contributed by atoms with E-state index in [1.54, 1.807) is 0 Å². The van der Waals surface area contributed by atoms with Crippen LogP contribution in [0.1, 0.15) is 25.3 Å². The van der Waals surface area contributed by atoms with Crippen LogP contribution in [-0.2, 0) is 15.8 Å². The highest BCUT2D eigenvalue weighted by Gasteiger charge is 2.36. The van der Waals surface area contributed by atoms with Crippen molar-refractivity contribution >= 4 is 10.0 Å². The Morgan fingerprint density at radius 3 is 2.55 bits per heavy atom. The third-order valence-corrected chi connectivity index (χ3v) is 5.56. The molecule has 4 nitrogen and oxygen atoms in total. The molecule has 1 fully saturated rings. The minimum Gasteiger partial charge on any atom is -0.326 e. The fourth-order valence-electron chi connectivity index (χ4n) is 2.64. The molecule has 1 aliphatic heterocycles. The molecule has 0 spiro atoms. The first-order valence-corrected chi connectivity index (χ1v) is 8.51. The standard InChI is InChI=1S/C14H21FN2O2S/c1-2-3-12-8-17(9-14(12)16)20(18,19)10-11-4-6-13(15)7-5-11/h4-7,12,14H,2-3,8-10,16H2,1H3/t12-,14-/m0/s1. The molecule has 0 aliphatic carbocycles. The second-order valence-corrected chi connectivity index (χ2v) is 7.38. The number of nitrogens with zero attached hydrogens (tertiary/aromatic N) is 1. The molecular weight excluding hydrogens is 279 g/mol. The van der Waals surface area contributed by atoms with Gasteiger partial charge < -0.3 is 5.73 Å². The Morgan fingerprint density at radius 1 is 1.30 bits per heavy atom. The Balaban J connectivity index is 2.06. The van der Waals surface area contributed by atoms with Crippen LogP contribution in [0.15, 0.2) is 24.3 Å². The highest BCUT2D eigenvalue weighted by molar-refractivity contribution is 7.88. The van der Waals surface area contributed by atoms with Gasteiger partial charge in [-0.15, -0.1) is 0 Å². The zero-order chi connectivity index (χ0) is 14.8. The third-order valence-electron chi connectivity index (χ3n) is 3.77. The molecule has 1 aromatic rings. The third kappa shape index (κ3) is 3.56. The Labute approximate surface area is 119 Å². The van der Waals surface area contributed by atoms with Crippen LogP contribution in [0.2, 0.25) is 0 Å². The molecular formula is C14H21FN2O2S. The predicted octanol–water partition coefficient (Wildman–Crippen LogP) is 1.71. The van der Waals surface area contributed by atoms with Crippen molar-refractivity contribution in [2.45, 2.75) is 31.6 Å². The van der Waals surface area contributed by atoms with Gasteiger partial charge >= 0.3 is 0 Å². The minimum absolute atomic E-state index is 0.0852. The van der Waals surface area contributed by atoms with Crippen LogP contribution in [0, 0.1) is 11.7 Å². The summed E-state index contributed by atoms with van der Waals surface area (Å²) in [6.07, 6.45) is 1.95. The van der Waals surface area contributed by atoms with E-state index in [4.69, 9.17) is 5.73 Å². The van der Waals surface area contributed by atoms with Crippen molar-refractivity contribution in [3.63, 3.8) is 0 Å². The maximum atomic E-state index is 12.8. The van der Waals surface area contributed by atoms with E-state index >= 15 is 0 Å². The monoisotopic (exact) mass is 300 g/mol. The number of hydrogen-bond acceptors (Lipinski definition) is 3. The summed E-state index contributed by atoms with van der Waals surface area (Å²) in [6, 6.07) is 5.48. The maximum Gasteiger partial charge on any atom is 0.218 e. The van der Waals surface area contributed by atoms with Gasteiger partial charge in [-0.2, -0.15) is 4.31 Å². The second-order valence-electron chi connectivity index (χ2n) is 5.41. The number of halogens is 1. The van der Waals surface area contributed by atoms with Gasteiger partial charge in [0.15, 0.2) is 0 Å². The molecule has 0 amide bonds. The summed E-state index contributed by atoms with van der Waals surface area (Å²) in [7, 11) is -3.38. The summed E-state index contributed by atoms with van der Waals surface area (Å²) in [5, 5.41) is 0. The molecule has 1 aromatic carbocycles. The Hall–Kier alpha value is -0.980. The summed E-state index contributed by atoms with van der Waals surface area (Å²) in [5.74, 6) is -0.223. The lowest BCUT2D eigenvalue weighted by Gasteiger charge is -2.16. The summed E-state index contributed by atoms with van der Waals surface area (Å²) >= 11 is 0. The van der Waals surface area contributed by atoms with E-state index in [1.165, 1.54) is 28.6 Å². The molecule has 0 aromatic heterocycles. The number of benzene rings is 1. The summed E-state index contributed by atoms with van der Waals surface area (Å²) in [5.41, 5.74) is 6.61. The van der Waals surface area contributed by atoms with Crippen molar-refractivity contribution in [2.75, 3.05) is 13.1 Å². The second kappa shape index (κ2) is 6.20. The van der Waals surface area contributed by atoms with Crippen LogP contribution < -0.4 is 5.73 Å². The van der Waals surface area contributed by atoms with E-state index < -0.39 is 10.0 Å². The number of hydrogen-bond donors (Lipinski definition) is 1. The first-order valence-electron chi connectivity index (χ1n) is 6.90. The van der Waals surface area contributed by atoms with Crippen molar-refractivity contribution in [3.05, 3.63) is 35.6 Å². The van der Waals surface area contributed by atoms with Crippen molar-refractivity contribution in [1.29, 1.82) is 0 Å².